The number of anilines is 2. The quantitative estimate of drug-likeness (QED) is 0.841. The molecule has 0 spiro atoms. The number of nitrogens with two attached hydrogens (primary N) is 1. The molecule has 1 unspecified atom stereocenters. The fraction of sp³-hybridized carbons (Fsp3) is 0.421. The first-order chi connectivity index (χ1) is 11.7. The second kappa shape index (κ2) is 6.88. The Balaban J connectivity index is 1.97. The van der Waals surface area contributed by atoms with E-state index in [9.17, 15) is 5.26 Å². The number of benzene rings is 1. The molecule has 1 heterocycles. The number of nitrogens with zero attached hydrogens (tertiary/aromatic N) is 3. The van der Waals surface area contributed by atoms with Crippen molar-refractivity contribution in [2.24, 2.45) is 0 Å². The van der Waals surface area contributed by atoms with Gasteiger partial charge in [0.05, 0.1) is 11.7 Å². The molecule has 5 heteroatoms. The maximum absolute atomic E-state index is 9.64. The number of nitriles is 1. The van der Waals surface area contributed by atoms with E-state index in [0.717, 1.165) is 49.0 Å². The molecule has 0 radical (unpaired) electrons. The molecular weight excluding hydrogens is 298 g/mol. The van der Waals surface area contributed by atoms with E-state index in [1.54, 1.807) is 0 Å². The topological polar surface area (TPSA) is 87.6 Å². The van der Waals surface area contributed by atoms with Gasteiger partial charge in [-0.15, -0.1) is 5.10 Å². The summed E-state index contributed by atoms with van der Waals surface area (Å²) in [7, 11) is 0. The van der Waals surface area contributed by atoms with Gasteiger partial charge < -0.3 is 11.1 Å². The van der Waals surface area contributed by atoms with Gasteiger partial charge in [0, 0.05) is 5.69 Å². The fourth-order valence-corrected chi connectivity index (χ4v) is 3.54. The Morgan fingerprint density at radius 2 is 2.12 bits per heavy atom. The highest BCUT2D eigenvalue weighted by Crippen LogP contribution is 2.34. The molecule has 0 bridgehead atoms. The summed E-state index contributed by atoms with van der Waals surface area (Å²) in [6, 6.07) is 8.55. The van der Waals surface area contributed by atoms with Crippen LogP contribution in [-0.2, 0) is 19.3 Å². The van der Waals surface area contributed by atoms with Crippen LogP contribution >= 0.6 is 0 Å². The second-order valence-corrected chi connectivity index (χ2v) is 6.22. The molecule has 0 fully saturated rings. The van der Waals surface area contributed by atoms with E-state index in [0.29, 0.717) is 11.4 Å². The van der Waals surface area contributed by atoms with E-state index in [-0.39, 0.29) is 6.04 Å². The van der Waals surface area contributed by atoms with Crippen molar-refractivity contribution in [3.63, 3.8) is 0 Å². The summed E-state index contributed by atoms with van der Waals surface area (Å²) in [6.07, 6.45) is 4.73. The van der Waals surface area contributed by atoms with Gasteiger partial charge in [-0.05, 0) is 60.9 Å². The highest BCUT2D eigenvalue weighted by Gasteiger charge is 2.23. The van der Waals surface area contributed by atoms with Gasteiger partial charge in [-0.2, -0.15) is 10.4 Å². The van der Waals surface area contributed by atoms with Crippen molar-refractivity contribution >= 4 is 11.5 Å². The highest BCUT2D eigenvalue weighted by atomic mass is 15.2. The van der Waals surface area contributed by atoms with Gasteiger partial charge in [0.1, 0.15) is 11.6 Å². The summed E-state index contributed by atoms with van der Waals surface area (Å²) in [4.78, 5) is 0. The van der Waals surface area contributed by atoms with Crippen LogP contribution in [-0.4, -0.2) is 10.2 Å². The molecule has 124 valence electrons. The zero-order valence-electron chi connectivity index (χ0n) is 14.3. The van der Waals surface area contributed by atoms with Crippen molar-refractivity contribution in [3.8, 4) is 6.07 Å². The summed E-state index contributed by atoms with van der Waals surface area (Å²) in [6.45, 7) is 4.10. The zero-order valence-corrected chi connectivity index (χ0v) is 14.3. The van der Waals surface area contributed by atoms with E-state index in [1.165, 1.54) is 11.1 Å². The average molecular weight is 321 g/mol. The van der Waals surface area contributed by atoms with E-state index < -0.39 is 0 Å². The Labute approximate surface area is 142 Å². The molecule has 3 rings (SSSR count). The maximum Gasteiger partial charge on any atom is 0.167 e. The lowest BCUT2D eigenvalue weighted by Gasteiger charge is -2.27. The lowest BCUT2D eigenvalue weighted by atomic mass is 9.87. The van der Waals surface area contributed by atoms with Crippen LogP contribution in [0.3, 0.4) is 0 Å². The van der Waals surface area contributed by atoms with Crippen LogP contribution in [0.25, 0.3) is 0 Å². The Kier molecular flexibility index (Phi) is 4.66. The predicted octanol–water partition coefficient (Wildman–Crippen LogP) is 3.54. The second-order valence-electron chi connectivity index (χ2n) is 6.22. The van der Waals surface area contributed by atoms with E-state index in [4.69, 9.17) is 5.73 Å². The zero-order chi connectivity index (χ0) is 17.1. The molecule has 1 aromatic heterocycles. The first kappa shape index (κ1) is 16.3. The van der Waals surface area contributed by atoms with Gasteiger partial charge in [-0.25, -0.2) is 0 Å². The molecule has 0 aliphatic heterocycles. The van der Waals surface area contributed by atoms with Gasteiger partial charge in [0.25, 0.3) is 0 Å². The summed E-state index contributed by atoms with van der Waals surface area (Å²) >= 11 is 0. The van der Waals surface area contributed by atoms with Gasteiger partial charge in [0.2, 0.25) is 0 Å². The number of rotatable bonds is 4. The molecule has 24 heavy (non-hydrogen) atoms. The van der Waals surface area contributed by atoms with Crippen molar-refractivity contribution in [2.75, 3.05) is 11.1 Å². The van der Waals surface area contributed by atoms with E-state index in [2.05, 4.69) is 40.6 Å². The fourth-order valence-electron chi connectivity index (χ4n) is 3.54. The molecule has 3 N–H and O–H groups in total. The molecule has 5 nitrogen and oxygen atoms in total. The van der Waals surface area contributed by atoms with Crippen LogP contribution < -0.4 is 11.1 Å². The van der Waals surface area contributed by atoms with Crippen molar-refractivity contribution < 1.29 is 0 Å². The molecule has 0 saturated heterocycles. The number of aryl methyl sites for hydroxylation is 2. The van der Waals surface area contributed by atoms with Crippen molar-refractivity contribution in [3.05, 3.63) is 46.1 Å². The number of hydrogen-bond donors (Lipinski definition) is 2. The molecule has 0 saturated carbocycles. The first-order valence-electron chi connectivity index (χ1n) is 8.61. The third-order valence-electron chi connectivity index (χ3n) is 4.75. The summed E-state index contributed by atoms with van der Waals surface area (Å²) in [5.41, 5.74) is 11.8. The largest absolute Gasteiger partial charge is 0.399 e. The third kappa shape index (κ3) is 2.92. The maximum atomic E-state index is 9.64. The van der Waals surface area contributed by atoms with E-state index in [1.807, 2.05) is 13.0 Å². The van der Waals surface area contributed by atoms with Crippen molar-refractivity contribution in [1.82, 2.24) is 10.2 Å². The first-order valence-corrected chi connectivity index (χ1v) is 8.61. The Hall–Kier alpha value is -2.61. The third-order valence-corrected chi connectivity index (χ3v) is 4.75. The highest BCUT2D eigenvalue weighted by molar-refractivity contribution is 5.58. The number of nitrogen functional groups attached to an aromatic ring is 1. The number of nitrogens with one attached hydrogen (secondary N) is 1. The lowest BCUT2D eigenvalue weighted by molar-refractivity contribution is 0.597. The van der Waals surface area contributed by atoms with Crippen LogP contribution in [0.15, 0.2) is 18.2 Å². The van der Waals surface area contributed by atoms with Crippen molar-refractivity contribution in [2.45, 2.75) is 52.0 Å². The van der Waals surface area contributed by atoms with Gasteiger partial charge >= 0.3 is 0 Å². The molecule has 1 aliphatic rings. The van der Waals surface area contributed by atoms with Crippen LogP contribution in [0, 0.1) is 11.3 Å². The molecule has 1 aromatic carbocycles. The number of fused-ring (bicyclic) bond motifs is 1. The molecular formula is C19H23N5. The minimum absolute atomic E-state index is 0.146. The smallest absolute Gasteiger partial charge is 0.167 e. The van der Waals surface area contributed by atoms with Crippen LogP contribution in [0.4, 0.5) is 11.5 Å². The van der Waals surface area contributed by atoms with Crippen LogP contribution in [0.5, 0.6) is 0 Å². The van der Waals surface area contributed by atoms with Crippen LogP contribution in [0.2, 0.25) is 0 Å². The average Bonchev–Trinajstić information content (AvgIpc) is 2.61. The molecule has 1 aliphatic carbocycles. The SMILES string of the molecule is CCc1nnc(NC2CCCc3cc(N)ccc32)c(C#N)c1CC. The summed E-state index contributed by atoms with van der Waals surface area (Å²) in [5.74, 6) is 0.598. The van der Waals surface area contributed by atoms with Gasteiger partial charge in [-0.3, -0.25) is 0 Å². The predicted molar refractivity (Wildman–Crippen MR) is 95.7 cm³/mol. The monoisotopic (exact) mass is 321 g/mol. The Morgan fingerprint density at radius 3 is 2.83 bits per heavy atom. The van der Waals surface area contributed by atoms with E-state index >= 15 is 0 Å². The normalized spacial score (nSPS) is 16.3. The standard InChI is InChI=1S/C19H23N5/c1-3-14-16(11-20)19(24-23-17(14)4-2)22-18-7-5-6-12-10-13(21)8-9-15(12)18/h8-10,18H,3-7,21H2,1-2H3,(H,22,24). The summed E-state index contributed by atoms with van der Waals surface area (Å²) in [5, 5.41) is 21.7. The van der Waals surface area contributed by atoms with Gasteiger partial charge in [0.15, 0.2) is 5.82 Å². The molecule has 0 amide bonds. The van der Waals surface area contributed by atoms with Crippen molar-refractivity contribution in [1.29, 1.82) is 5.26 Å². The lowest BCUT2D eigenvalue weighted by Crippen LogP contribution is -2.20. The number of hydrogen-bond acceptors (Lipinski definition) is 5. The Morgan fingerprint density at radius 1 is 1.29 bits per heavy atom. The molecule has 2 aromatic rings. The Bertz CT molecular complexity index is 791. The summed E-state index contributed by atoms with van der Waals surface area (Å²) < 4.78 is 0. The number of aromatic nitrogens is 2. The van der Waals surface area contributed by atoms with Crippen LogP contribution in [0.1, 0.15) is 60.7 Å². The minimum atomic E-state index is 0.146. The molecule has 1 atom stereocenters. The minimum Gasteiger partial charge on any atom is -0.399 e. The van der Waals surface area contributed by atoms with Gasteiger partial charge in [-0.1, -0.05) is 19.9 Å².